The van der Waals surface area contributed by atoms with Crippen LogP contribution < -0.4 is 20.5 Å². The first-order valence-corrected chi connectivity index (χ1v) is 8.67. The second-order valence-corrected chi connectivity index (χ2v) is 6.77. The highest BCUT2D eigenvalue weighted by atomic mass is 32.2. The minimum atomic E-state index is -3.48. The zero-order valence-electron chi connectivity index (χ0n) is 13.5. The Morgan fingerprint density at radius 2 is 1.96 bits per heavy atom. The number of nitrogens with two attached hydrogens (primary N) is 1. The molecule has 8 heteroatoms. The van der Waals surface area contributed by atoms with E-state index in [1.54, 1.807) is 25.3 Å². The van der Waals surface area contributed by atoms with Gasteiger partial charge in [-0.1, -0.05) is 24.3 Å². The van der Waals surface area contributed by atoms with Crippen LogP contribution in [0.3, 0.4) is 0 Å². The summed E-state index contributed by atoms with van der Waals surface area (Å²) in [6.07, 6.45) is 0. The predicted octanol–water partition coefficient (Wildman–Crippen LogP) is 1.53. The van der Waals surface area contributed by atoms with Gasteiger partial charge < -0.3 is 15.8 Å². The smallest absolute Gasteiger partial charge is 0.240 e. The van der Waals surface area contributed by atoms with Crippen LogP contribution >= 0.6 is 0 Å². The van der Waals surface area contributed by atoms with Crippen LogP contribution in [-0.2, 0) is 16.6 Å². The van der Waals surface area contributed by atoms with Gasteiger partial charge in [-0.25, -0.2) is 18.1 Å². The molecule has 0 saturated heterocycles. The largest absolute Gasteiger partial charge is 0.495 e. The van der Waals surface area contributed by atoms with Crippen LogP contribution in [0, 0.1) is 0 Å². The van der Waals surface area contributed by atoms with E-state index in [4.69, 9.17) is 10.5 Å². The number of hydrogen-bond acceptors (Lipinski definition) is 4. The Balaban J connectivity index is 2.12. The summed E-state index contributed by atoms with van der Waals surface area (Å²) in [7, 11) is -0.537. The number of guanidine groups is 1. The predicted molar refractivity (Wildman–Crippen MR) is 94.6 cm³/mol. The third-order valence-electron chi connectivity index (χ3n) is 3.28. The fourth-order valence-electron chi connectivity index (χ4n) is 2.03. The number of benzene rings is 2. The number of hydrogen-bond donors (Lipinski definition) is 3. The number of sulfonamides is 1. The Kier molecular flexibility index (Phi) is 5.78. The van der Waals surface area contributed by atoms with Crippen LogP contribution in [0.4, 0.5) is 5.69 Å². The SMILES string of the molecule is CNS(=O)(=O)c1cccc(CN=C(N)Nc2ccccc2OC)c1. The molecule has 0 atom stereocenters. The average Bonchev–Trinajstić information content (AvgIpc) is 2.60. The van der Waals surface area contributed by atoms with Crippen molar-refractivity contribution in [2.24, 2.45) is 10.7 Å². The van der Waals surface area contributed by atoms with Crippen molar-refractivity contribution in [1.82, 2.24) is 4.72 Å². The monoisotopic (exact) mass is 348 g/mol. The quantitative estimate of drug-likeness (QED) is 0.542. The summed E-state index contributed by atoms with van der Waals surface area (Å²) in [6, 6.07) is 13.9. The molecule has 4 N–H and O–H groups in total. The summed E-state index contributed by atoms with van der Waals surface area (Å²) in [5, 5.41) is 2.96. The van der Waals surface area contributed by atoms with E-state index in [0.717, 1.165) is 5.56 Å². The summed E-state index contributed by atoms with van der Waals surface area (Å²) in [5.41, 5.74) is 7.31. The average molecular weight is 348 g/mol. The van der Waals surface area contributed by atoms with Crippen molar-refractivity contribution >= 4 is 21.7 Å². The Morgan fingerprint density at radius 3 is 2.67 bits per heavy atom. The topological polar surface area (TPSA) is 106 Å². The first-order valence-electron chi connectivity index (χ1n) is 7.18. The van der Waals surface area contributed by atoms with Crippen LogP contribution in [0.1, 0.15) is 5.56 Å². The van der Waals surface area contributed by atoms with Crippen molar-refractivity contribution in [3.8, 4) is 5.75 Å². The van der Waals surface area contributed by atoms with E-state index in [1.165, 1.54) is 13.1 Å². The first kappa shape index (κ1) is 17.8. The Bertz CT molecular complexity index is 835. The lowest BCUT2D eigenvalue weighted by Gasteiger charge is -2.10. The maximum Gasteiger partial charge on any atom is 0.240 e. The van der Waals surface area contributed by atoms with Gasteiger partial charge in [0.25, 0.3) is 0 Å². The van der Waals surface area contributed by atoms with Crippen LogP contribution in [0.5, 0.6) is 5.75 Å². The number of para-hydroxylation sites is 2. The molecule has 0 amide bonds. The van der Waals surface area contributed by atoms with Crippen LogP contribution in [0.2, 0.25) is 0 Å². The zero-order chi connectivity index (χ0) is 17.6. The van der Waals surface area contributed by atoms with Gasteiger partial charge in [-0.15, -0.1) is 0 Å². The van der Waals surface area contributed by atoms with E-state index in [9.17, 15) is 8.42 Å². The molecule has 24 heavy (non-hydrogen) atoms. The van der Waals surface area contributed by atoms with Crippen molar-refractivity contribution in [3.05, 3.63) is 54.1 Å². The Hall–Kier alpha value is -2.58. The van der Waals surface area contributed by atoms with Crippen molar-refractivity contribution in [2.75, 3.05) is 19.5 Å². The summed E-state index contributed by atoms with van der Waals surface area (Å²) in [4.78, 5) is 4.42. The molecular weight excluding hydrogens is 328 g/mol. The number of methoxy groups -OCH3 is 1. The molecule has 7 nitrogen and oxygen atoms in total. The van der Waals surface area contributed by atoms with Gasteiger partial charge in [-0.05, 0) is 36.9 Å². The minimum Gasteiger partial charge on any atom is -0.495 e. The third-order valence-corrected chi connectivity index (χ3v) is 4.69. The lowest BCUT2D eigenvalue weighted by Crippen LogP contribution is -2.23. The van der Waals surface area contributed by atoms with Crippen molar-refractivity contribution in [1.29, 1.82) is 0 Å². The second-order valence-electron chi connectivity index (χ2n) is 4.88. The third kappa shape index (κ3) is 4.46. The number of nitrogens with zero attached hydrogens (tertiary/aromatic N) is 1. The normalized spacial score (nSPS) is 12.0. The fourth-order valence-corrected chi connectivity index (χ4v) is 2.83. The Labute approximate surface area is 141 Å². The molecule has 0 fully saturated rings. The maximum atomic E-state index is 11.8. The number of ether oxygens (including phenoxy) is 1. The van der Waals surface area contributed by atoms with Crippen molar-refractivity contribution < 1.29 is 13.2 Å². The molecule has 0 heterocycles. The zero-order valence-corrected chi connectivity index (χ0v) is 14.3. The first-order chi connectivity index (χ1) is 11.5. The van der Waals surface area contributed by atoms with Crippen LogP contribution in [-0.4, -0.2) is 28.5 Å². The molecule has 0 spiro atoms. The molecule has 0 aliphatic heterocycles. The van der Waals surface area contributed by atoms with Gasteiger partial charge in [0.05, 0.1) is 24.2 Å². The molecule has 0 radical (unpaired) electrons. The number of anilines is 1. The van der Waals surface area contributed by atoms with Crippen molar-refractivity contribution in [3.63, 3.8) is 0 Å². The molecule has 0 aliphatic rings. The molecule has 2 rings (SSSR count). The summed E-state index contributed by atoms with van der Waals surface area (Å²) in [6.45, 7) is 0.251. The molecule has 0 aliphatic carbocycles. The highest BCUT2D eigenvalue weighted by molar-refractivity contribution is 7.89. The highest BCUT2D eigenvalue weighted by Gasteiger charge is 2.11. The van der Waals surface area contributed by atoms with E-state index in [1.807, 2.05) is 24.3 Å². The second kappa shape index (κ2) is 7.80. The highest BCUT2D eigenvalue weighted by Crippen LogP contribution is 2.22. The molecule has 2 aromatic carbocycles. The number of aliphatic imine (C=N–C) groups is 1. The molecule has 2 aromatic rings. The van der Waals surface area contributed by atoms with Gasteiger partial charge in [-0.3, -0.25) is 0 Å². The lowest BCUT2D eigenvalue weighted by atomic mass is 10.2. The molecule has 128 valence electrons. The summed E-state index contributed by atoms with van der Waals surface area (Å²) in [5.74, 6) is 0.860. The fraction of sp³-hybridized carbons (Fsp3) is 0.188. The summed E-state index contributed by atoms with van der Waals surface area (Å²) >= 11 is 0. The van der Waals surface area contributed by atoms with E-state index >= 15 is 0 Å². The standard InChI is InChI=1S/C16H20N4O3S/c1-18-24(21,22)13-7-5-6-12(10-13)11-19-16(17)20-14-8-3-4-9-15(14)23-2/h3-10,18H,11H2,1-2H3,(H3,17,19,20). The van der Waals surface area contributed by atoms with Gasteiger partial charge in [0.1, 0.15) is 5.75 Å². The molecule has 0 bridgehead atoms. The van der Waals surface area contributed by atoms with Gasteiger partial charge in [-0.2, -0.15) is 0 Å². The van der Waals surface area contributed by atoms with E-state index < -0.39 is 10.0 Å². The maximum absolute atomic E-state index is 11.8. The van der Waals surface area contributed by atoms with E-state index in [-0.39, 0.29) is 17.4 Å². The van der Waals surface area contributed by atoms with Gasteiger partial charge in [0.2, 0.25) is 10.0 Å². The summed E-state index contributed by atoms with van der Waals surface area (Å²) < 4.78 is 31.1. The lowest BCUT2D eigenvalue weighted by molar-refractivity contribution is 0.417. The minimum absolute atomic E-state index is 0.189. The van der Waals surface area contributed by atoms with Crippen LogP contribution in [0.15, 0.2) is 58.4 Å². The van der Waals surface area contributed by atoms with Gasteiger partial charge in [0, 0.05) is 0 Å². The molecular formula is C16H20N4O3S. The number of nitrogens with one attached hydrogen (secondary N) is 2. The molecule has 0 unspecified atom stereocenters. The van der Waals surface area contributed by atoms with Crippen LogP contribution in [0.25, 0.3) is 0 Å². The van der Waals surface area contributed by atoms with Gasteiger partial charge >= 0.3 is 0 Å². The van der Waals surface area contributed by atoms with E-state index in [0.29, 0.717) is 11.4 Å². The molecule has 0 aromatic heterocycles. The van der Waals surface area contributed by atoms with Gasteiger partial charge in [0.15, 0.2) is 5.96 Å². The molecule has 0 saturated carbocycles. The Morgan fingerprint density at radius 1 is 1.21 bits per heavy atom. The van der Waals surface area contributed by atoms with Crippen molar-refractivity contribution in [2.45, 2.75) is 11.4 Å². The number of rotatable bonds is 6. The van der Waals surface area contributed by atoms with E-state index in [2.05, 4.69) is 15.0 Å².